The van der Waals surface area contributed by atoms with Gasteiger partial charge >= 0.3 is 10.3 Å². The van der Waals surface area contributed by atoms with Crippen LogP contribution in [0.2, 0.25) is 0 Å². The van der Waals surface area contributed by atoms with Crippen molar-refractivity contribution < 1.29 is 13.0 Å². The molecular formula is C6H21N3O3S. The maximum absolute atomic E-state index is 8.97. The Morgan fingerprint density at radius 3 is 1.46 bits per heavy atom. The molecule has 0 aliphatic carbocycles. The molecule has 0 amide bonds. The SMILES string of the molecule is C=C(CC)CC.N.N.NS(=O)(=O)O. The minimum absolute atomic E-state index is 0. The molecule has 0 aromatic heterocycles. The minimum atomic E-state index is -4.17. The Morgan fingerprint density at radius 2 is 1.46 bits per heavy atom. The Morgan fingerprint density at radius 1 is 1.31 bits per heavy atom. The molecule has 84 valence electrons. The summed E-state index contributed by atoms with van der Waals surface area (Å²) in [6, 6.07) is 0. The monoisotopic (exact) mass is 215 g/mol. The van der Waals surface area contributed by atoms with Crippen LogP contribution in [0.4, 0.5) is 0 Å². The van der Waals surface area contributed by atoms with Crippen LogP contribution in [0, 0.1) is 0 Å². The van der Waals surface area contributed by atoms with Gasteiger partial charge in [-0.05, 0) is 12.8 Å². The summed E-state index contributed by atoms with van der Waals surface area (Å²) >= 11 is 0. The van der Waals surface area contributed by atoms with Crippen molar-refractivity contribution in [1.29, 1.82) is 0 Å². The fourth-order valence-electron chi connectivity index (χ4n) is 0.250. The third-order valence-electron chi connectivity index (χ3n) is 1.000. The van der Waals surface area contributed by atoms with E-state index in [2.05, 4.69) is 25.6 Å². The zero-order valence-electron chi connectivity index (χ0n) is 8.28. The van der Waals surface area contributed by atoms with Crippen LogP contribution in [0.1, 0.15) is 26.7 Å². The van der Waals surface area contributed by atoms with Gasteiger partial charge in [0.1, 0.15) is 0 Å². The van der Waals surface area contributed by atoms with Gasteiger partial charge in [0.25, 0.3) is 0 Å². The normalized spacial score (nSPS) is 8.31. The first kappa shape index (κ1) is 22.9. The standard InChI is InChI=1S/C6H12.H3NO3S.2H3N/c1-4-6(3)5-2;1-5(2,3)4;;/h3-5H2,1-2H3;(H3,1,2,3,4);2*1H3. The van der Waals surface area contributed by atoms with Gasteiger partial charge in [-0.15, -0.1) is 0 Å². The molecule has 0 spiro atoms. The molecule has 0 radical (unpaired) electrons. The number of rotatable bonds is 2. The fraction of sp³-hybridized carbons (Fsp3) is 0.667. The van der Waals surface area contributed by atoms with E-state index in [9.17, 15) is 0 Å². The highest BCUT2D eigenvalue weighted by molar-refractivity contribution is 7.83. The Kier molecular flexibility index (Phi) is 20.3. The lowest BCUT2D eigenvalue weighted by atomic mass is 10.2. The van der Waals surface area contributed by atoms with Crippen LogP contribution in [0.15, 0.2) is 12.2 Å². The predicted octanol–water partition coefficient (Wildman–Crippen LogP) is 1.43. The maximum Gasteiger partial charge on any atom is 0.330 e. The molecule has 0 rings (SSSR count). The molecule has 0 unspecified atom stereocenters. The van der Waals surface area contributed by atoms with E-state index >= 15 is 0 Å². The molecular weight excluding hydrogens is 194 g/mol. The van der Waals surface area contributed by atoms with Crippen LogP contribution in [0.3, 0.4) is 0 Å². The molecule has 0 fully saturated rings. The highest BCUT2D eigenvalue weighted by Crippen LogP contribution is 1.98. The molecule has 0 heterocycles. The molecule has 0 saturated heterocycles. The smallest absolute Gasteiger partial charge is 0.330 e. The van der Waals surface area contributed by atoms with E-state index in [0.29, 0.717) is 0 Å². The summed E-state index contributed by atoms with van der Waals surface area (Å²) in [6.45, 7) is 8.05. The van der Waals surface area contributed by atoms with Crippen LogP contribution in [0.25, 0.3) is 0 Å². The first-order valence-corrected chi connectivity index (χ1v) is 4.73. The summed E-state index contributed by atoms with van der Waals surface area (Å²) in [7, 11) is -4.17. The van der Waals surface area contributed by atoms with E-state index < -0.39 is 10.3 Å². The van der Waals surface area contributed by atoms with Crippen LogP contribution < -0.4 is 17.4 Å². The van der Waals surface area contributed by atoms with Crippen molar-refractivity contribution in [3.8, 4) is 0 Å². The van der Waals surface area contributed by atoms with Gasteiger partial charge in [0.05, 0.1) is 0 Å². The molecule has 13 heavy (non-hydrogen) atoms. The molecule has 0 aromatic rings. The Hall–Kier alpha value is -0.470. The molecule has 0 saturated carbocycles. The summed E-state index contributed by atoms with van der Waals surface area (Å²) in [5.41, 5.74) is 1.34. The van der Waals surface area contributed by atoms with Gasteiger partial charge in [0, 0.05) is 0 Å². The van der Waals surface area contributed by atoms with Crippen molar-refractivity contribution in [1.82, 2.24) is 12.3 Å². The molecule has 0 bridgehead atoms. The zero-order chi connectivity index (χ0) is 9.49. The largest absolute Gasteiger partial charge is 0.344 e. The Bertz CT molecular complexity index is 187. The highest BCUT2D eigenvalue weighted by Gasteiger charge is 1.81. The van der Waals surface area contributed by atoms with Crippen molar-refractivity contribution in [2.45, 2.75) is 26.7 Å². The first-order chi connectivity index (χ1) is 4.81. The summed E-state index contributed by atoms with van der Waals surface area (Å²) in [6.07, 6.45) is 2.27. The Labute approximate surface area is 80.3 Å². The van der Waals surface area contributed by atoms with Crippen LogP contribution in [-0.2, 0) is 10.3 Å². The van der Waals surface area contributed by atoms with E-state index in [4.69, 9.17) is 13.0 Å². The van der Waals surface area contributed by atoms with E-state index in [-0.39, 0.29) is 12.3 Å². The third-order valence-corrected chi connectivity index (χ3v) is 1.000. The second kappa shape index (κ2) is 11.5. The average Bonchev–Trinajstić information content (AvgIpc) is 1.83. The lowest BCUT2D eigenvalue weighted by molar-refractivity contribution is 0.485. The molecule has 0 aliphatic heterocycles. The van der Waals surface area contributed by atoms with Gasteiger partial charge in [-0.25, -0.2) is 5.14 Å². The summed E-state index contributed by atoms with van der Waals surface area (Å²) in [5.74, 6) is 0. The van der Waals surface area contributed by atoms with Crippen LogP contribution in [-0.4, -0.2) is 13.0 Å². The molecule has 0 aromatic carbocycles. The van der Waals surface area contributed by atoms with Crippen LogP contribution >= 0.6 is 0 Å². The molecule has 9 N–H and O–H groups in total. The Balaban J connectivity index is -0.0000000546. The fourth-order valence-corrected chi connectivity index (χ4v) is 0.250. The van der Waals surface area contributed by atoms with Gasteiger partial charge in [-0.1, -0.05) is 26.0 Å². The van der Waals surface area contributed by atoms with E-state index in [0.717, 1.165) is 12.8 Å². The van der Waals surface area contributed by atoms with Gasteiger partial charge in [0.2, 0.25) is 0 Å². The topological polar surface area (TPSA) is 150 Å². The third kappa shape index (κ3) is 84.0. The second-order valence-electron chi connectivity index (χ2n) is 1.97. The quantitative estimate of drug-likeness (QED) is 0.405. The first-order valence-electron chi connectivity index (χ1n) is 3.23. The number of nitrogens with two attached hydrogens (primary N) is 1. The molecule has 7 heteroatoms. The summed E-state index contributed by atoms with van der Waals surface area (Å²) < 4.78 is 25.2. The van der Waals surface area contributed by atoms with Crippen LogP contribution in [0.5, 0.6) is 0 Å². The van der Waals surface area contributed by atoms with Gasteiger partial charge in [-0.3, -0.25) is 4.55 Å². The zero-order valence-corrected chi connectivity index (χ0v) is 9.10. The second-order valence-corrected chi connectivity index (χ2v) is 3.00. The minimum Gasteiger partial charge on any atom is -0.344 e. The van der Waals surface area contributed by atoms with Crippen molar-refractivity contribution in [3.63, 3.8) is 0 Å². The number of hydrogen-bond donors (Lipinski definition) is 4. The number of hydrogen-bond acceptors (Lipinski definition) is 4. The van der Waals surface area contributed by atoms with Crippen molar-refractivity contribution in [3.05, 3.63) is 12.2 Å². The van der Waals surface area contributed by atoms with Crippen molar-refractivity contribution >= 4 is 10.3 Å². The van der Waals surface area contributed by atoms with Crippen molar-refractivity contribution in [2.75, 3.05) is 0 Å². The maximum atomic E-state index is 8.97. The van der Waals surface area contributed by atoms with Gasteiger partial charge < -0.3 is 12.3 Å². The predicted molar refractivity (Wildman–Crippen MR) is 55.5 cm³/mol. The lowest BCUT2D eigenvalue weighted by Crippen LogP contribution is -2.08. The lowest BCUT2D eigenvalue weighted by Gasteiger charge is -1.89. The van der Waals surface area contributed by atoms with E-state index in [1.54, 1.807) is 0 Å². The summed E-state index contributed by atoms with van der Waals surface area (Å²) in [4.78, 5) is 0. The highest BCUT2D eigenvalue weighted by atomic mass is 32.2. The molecule has 0 atom stereocenters. The number of allylic oxidation sites excluding steroid dienone is 1. The molecule has 6 nitrogen and oxygen atoms in total. The van der Waals surface area contributed by atoms with Gasteiger partial charge in [-0.2, -0.15) is 8.42 Å². The van der Waals surface area contributed by atoms with E-state index in [1.165, 1.54) is 5.57 Å². The molecule has 0 aliphatic rings. The summed E-state index contributed by atoms with van der Waals surface area (Å²) in [5, 5.41) is 3.88. The van der Waals surface area contributed by atoms with Crippen molar-refractivity contribution in [2.24, 2.45) is 5.14 Å². The average molecular weight is 215 g/mol. The van der Waals surface area contributed by atoms with E-state index in [1.807, 2.05) is 0 Å². The van der Waals surface area contributed by atoms with Gasteiger partial charge in [0.15, 0.2) is 0 Å².